The number of carbonyl (C=O) groups excluding carboxylic acids is 1. The third-order valence-electron chi connectivity index (χ3n) is 4.14. The Labute approximate surface area is 128 Å². The molecule has 1 aromatic rings. The van der Waals surface area contributed by atoms with Gasteiger partial charge in [0, 0.05) is 29.5 Å². The van der Waals surface area contributed by atoms with E-state index in [0.717, 1.165) is 11.3 Å². The molecule has 0 saturated heterocycles. The number of rotatable bonds is 2. The third-order valence-corrected chi connectivity index (χ3v) is 6.61. The molecule has 0 unspecified atom stereocenters. The lowest BCUT2D eigenvalue weighted by molar-refractivity contribution is -0.121. The Morgan fingerprint density at radius 1 is 1.33 bits per heavy atom. The number of aliphatic hydroxyl groups is 3. The van der Waals surface area contributed by atoms with Gasteiger partial charge in [-0.2, -0.15) is 0 Å². The van der Waals surface area contributed by atoms with Gasteiger partial charge in [0.05, 0.1) is 17.2 Å². The summed E-state index contributed by atoms with van der Waals surface area (Å²) in [6.07, 6.45) is -3.28. The number of amides is 1. The van der Waals surface area contributed by atoms with Gasteiger partial charge >= 0.3 is 4.87 Å². The van der Waals surface area contributed by atoms with Crippen LogP contribution in [0.3, 0.4) is 0 Å². The first-order valence-electron chi connectivity index (χ1n) is 6.56. The number of likely N-dealkylation sites (N-methyl/N-ethyl adjacent to an activating group) is 1. The summed E-state index contributed by atoms with van der Waals surface area (Å²) >= 11 is 2.36. The first-order valence-corrected chi connectivity index (χ1v) is 8.37. The van der Waals surface area contributed by atoms with Crippen LogP contribution in [-0.4, -0.2) is 56.9 Å². The minimum atomic E-state index is -1.20. The van der Waals surface area contributed by atoms with E-state index in [1.807, 2.05) is 0 Å². The lowest BCUT2D eigenvalue weighted by atomic mass is 9.94. The van der Waals surface area contributed by atoms with Crippen molar-refractivity contribution in [1.82, 2.24) is 9.88 Å². The van der Waals surface area contributed by atoms with Crippen molar-refractivity contribution < 1.29 is 20.1 Å². The number of hydrogen-bond acceptors (Lipinski definition) is 7. The molecule has 3 rings (SSSR count). The van der Waals surface area contributed by atoms with Crippen molar-refractivity contribution in [2.75, 3.05) is 12.8 Å². The van der Waals surface area contributed by atoms with Crippen LogP contribution in [0.5, 0.6) is 0 Å². The number of carbonyl (C=O) groups is 1. The van der Waals surface area contributed by atoms with Crippen molar-refractivity contribution in [3.63, 3.8) is 0 Å². The lowest BCUT2D eigenvalue weighted by Gasteiger charge is -2.27. The van der Waals surface area contributed by atoms with Gasteiger partial charge in [0.25, 0.3) is 0 Å². The van der Waals surface area contributed by atoms with Gasteiger partial charge in [-0.1, -0.05) is 11.3 Å². The first kappa shape index (κ1) is 15.0. The van der Waals surface area contributed by atoms with E-state index >= 15 is 0 Å². The van der Waals surface area contributed by atoms with Gasteiger partial charge in [0.2, 0.25) is 5.91 Å². The van der Waals surface area contributed by atoms with Crippen molar-refractivity contribution in [3.8, 4) is 0 Å². The van der Waals surface area contributed by atoms with Gasteiger partial charge < -0.3 is 20.6 Å². The SMILES string of the molecule is CNC(=O)Cn1c2c(sc1=O)[C@H]1[C@@H](O)[C@@H](O)[C@H](O)[C@@H]1CS2. The average molecular weight is 332 g/mol. The molecule has 0 spiro atoms. The van der Waals surface area contributed by atoms with Crippen LogP contribution in [-0.2, 0) is 11.3 Å². The van der Waals surface area contributed by atoms with Crippen LogP contribution in [0.2, 0.25) is 0 Å². The molecule has 1 aromatic heterocycles. The fraction of sp³-hybridized carbons (Fsp3) is 0.667. The molecular weight excluding hydrogens is 316 g/mol. The highest BCUT2D eigenvalue weighted by molar-refractivity contribution is 7.99. The molecule has 1 amide bonds. The molecule has 1 aliphatic heterocycles. The van der Waals surface area contributed by atoms with E-state index in [2.05, 4.69) is 5.32 Å². The highest BCUT2D eigenvalue weighted by Crippen LogP contribution is 2.50. The lowest BCUT2D eigenvalue weighted by Crippen LogP contribution is -2.31. The maximum Gasteiger partial charge on any atom is 0.308 e. The van der Waals surface area contributed by atoms with E-state index < -0.39 is 24.2 Å². The van der Waals surface area contributed by atoms with E-state index in [9.17, 15) is 24.9 Å². The van der Waals surface area contributed by atoms with Gasteiger partial charge in [-0.15, -0.1) is 11.8 Å². The summed E-state index contributed by atoms with van der Waals surface area (Å²) in [5, 5.41) is 33.1. The number of thioether (sulfide) groups is 1. The zero-order valence-corrected chi connectivity index (χ0v) is 12.9. The van der Waals surface area contributed by atoms with Gasteiger partial charge in [-0.25, -0.2) is 0 Å². The van der Waals surface area contributed by atoms with Crippen LogP contribution in [0.1, 0.15) is 10.8 Å². The molecule has 4 N–H and O–H groups in total. The summed E-state index contributed by atoms with van der Waals surface area (Å²) < 4.78 is 1.39. The van der Waals surface area contributed by atoms with Crippen LogP contribution in [0.25, 0.3) is 0 Å². The summed E-state index contributed by atoms with van der Waals surface area (Å²) in [5.74, 6) is -0.502. The number of hydrogen-bond donors (Lipinski definition) is 4. The molecule has 2 aliphatic rings. The molecule has 1 aliphatic carbocycles. The first-order chi connectivity index (χ1) is 9.95. The molecule has 0 radical (unpaired) electrons. The summed E-state index contributed by atoms with van der Waals surface area (Å²) in [6, 6.07) is 0. The second kappa shape index (κ2) is 5.40. The Kier molecular flexibility index (Phi) is 3.87. The highest BCUT2D eigenvalue weighted by Gasteiger charge is 2.53. The second-order valence-corrected chi connectivity index (χ2v) is 7.27. The molecule has 1 fully saturated rings. The monoisotopic (exact) mass is 332 g/mol. The van der Waals surface area contributed by atoms with Gasteiger partial charge in [-0.3, -0.25) is 14.2 Å². The van der Waals surface area contributed by atoms with Crippen molar-refractivity contribution in [1.29, 1.82) is 0 Å². The Balaban J connectivity index is 2.02. The van der Waals surface area contributed by atoms with Crippen LogP contribution >= 0.6 is 23.1 Å². The molecule has 7 nitrogen and oxygen atoms in total. The summed E-state index contributed by atoms with van der Waals surface area (Å²) in [5.41, 5.74) is 0. The summed E-state index contributed by atoms with van der Waals surface area (Å²) in [6.45, 7) is -0.0627. The second-order valence-electron chi connectivity index (χ2n) is 5.27. The number of fused-ring (bicyclic) bond motifs is 3. The normalized spacial score (nSPS) is 34.4. The molecular formula is C12H16N2O5S2. The number of aliphatic hydroxyl groups excluding tert-OH is 3. The topological polar surface area (TPSA) is 112 Å². The van der Waals surface area contributed by atoms with Gasteiger partial charge in [0.1, 0.15) is 12.6 Å². The predicted molar refractivity (Wildman–Crippen MR) is 77.6 cm³/mol. The van der Waals surface area contributed by atoms with Crippen LogP contribution in [0.15, 0.2) is 9.82 Å². The standard InChI is InChI=1S/C12H16N2O5S2/c1-13-5(15)2-14-11-10(21-12(14)19)6-4(3-20-11)7(16)9(18)8(6)17/h4,6-9,16-18H,2-3H2,1H3,(H,13,15)/t4-,6-,7-,8-,9+/m1/s1. The number of thiazole rings is 1. The van der Waals surface area contributed by atoms with E-state index in [1.165, 1.54) is 23.4 Å². The molecule has 5 atom stereocenters. The van der Waals surface area contributed by atoms with E-state index in [4.69, 9.17) is 0 Å². The Morgan fingerprint density at radius 3 is 2.71 bits per heavy atom. The largest absolute Gasteiger partial charge is 0.390 e. The average Bonchev–Trinajstić information content (AvgIpc) is 2.89. The third kappa shape index (κ3) is 2.23. The van der Waals surface area contributed by atoms with E-state index in [1.54, 1.807) is 0 Å². The maximum absolute atomic E-state index is 12.1. The number of aromatic nitrogens is 1. The smallest absolute Gasteiger partial charge is 0.308 e. The number of nitrogens with one attached hydrogen (secondary N) is 1. The zero-order chi connectivity index (χ0) is 15.3. The molecule has 2 heterocycles. The molecule has 1 saturated carbocycles. The summed E-state index contributed by atoms with van der Waals surface area (Å²) in [7, 11) is 1.50. The van der Waals surface area contributed by atoms with Crippen molar-refractivity contribution in [2.45, 2.75) is 35.8 Å². The Hall–Kier alpha value is -0.870. The minimum absolute atomic E-state index is 0.0627. The van der Waals surface area contributed by atoms with Crippen molar-refractivity contribution in [2.24, 2.45) is 5.92 Å². The van der Waals surface area contributed by atoms with Gasteiger partial charge in [-0.05, 0) is 0 Å². The molecule has 21 heavy (non-hydrogen) atoms. The molecule has 116 valence electrons. The van der Waals surface area contributed by atoms with E-state index in [0.29, 0.717) is 15.7 Å². The zero-order valence-electron chi connectivity index (χ0n) is 11.2. The molecule has 9 heteroatoms. The molecule has 0 bridgehead atoms. The number of nitrogens with zero attached hydrogens (tertiary/aromatic N) is 1. The quantitative estimate of drug-likeness (QED) is 0.528. The van der Waals surface area contributed by atoms with Crippen LogP contribution < -0.4 is 10.2 Å². The highest BCUT2D eigenvalue weighted by atomic mass is 32.2. The fourth-order valence-corrected chi connectivity index (χ4v) is 5.79. The van der Waals surface area contributed by atoms with Crippen molar-refractivity contribution in [3.05, 3.63) is 14.5 Å². The van der Waals surface area contributed by atoms with Crippen LogP contribution in [0.4, 0.5) is 0 Å². The Morgan fingerprint density at radius 2 is 2.05 bits per heavy atom. The molecule has 0 aromatic carbocycles. The maximum atomic E-state index is 12.1. The summed E-state index contributed by atoms with van der Waals surface area (Å²) in [4.78, 5) is 24.0. The Bertz CT molecular complexity index is 628. The minimum Gasteiger partial charge on any atom is -0.390 e. The van der Waals surface area contributed by atoms with E-state index in [-0.39, 0.29) is 23.2 Å². The predicted octanol–water partition coefficient (Wildman–Crippen LogP) is -1.44. The van der Waals surface area contributed by atoms with Gasteiger partial charge in [0.15, 0.2) is 0 Å². The fourth-order valence-electron chi connectivity index (χ4n) is 2.99. The van der Waals surface area contributed by atoms with Crippen LogP contribution in [0, 0.1) is 5.92 Å². The van der Waals surface area contributed by atoms with Crippen molar-refractivity contribution >= 4 is 29.0 Å².